The van der Waals surface area contributed by atoms with Crippen LogP contribution in [0.5, 0.6) is 0 Å². The van der Waals surface area contributed by atoms with Crippen LogP contribution in [0.1, 0.15) is 35.7 Å². The molecule has 1 aliphatic rings. The van der Waals surface area contributed by atoms with Crippen molar-refractivity contribution in [2.24, 2.45) is 0 Å². The summed E-state index contributed by atoms with van der Waals surface area (Å²) in [6, 6.07) is 27.1. The Hall–Kier alpha value is -3.40. The Labute approximate surface area is 183 Å². The van der Waals surface area contributed by atoms with Gasteiger partial charge in [0.1, 0.15) is 5.82 Å². The van der Waals surface area contributed by atoms with E-state index < -0.39 is 0 Å². The number of carbonyl (C=O) groups excluding carboxylic acids is 1. The number of carbonyl (C=O) groups is 1. The summed E-state index contributed by atoms with van der Waals surface area (Å²) >= 11 is 0. The van der Waals surface area contributed by atoms with Gasteiger partial charge in [-0.3, -0.25) is 4.79 Å². The lowest BCUT2D eigenvalue weighted by Gasteiger charge is -2.18. The zero-order chi connectivity index (χ0) is 21.2. The molecule has 0 radical (unpaired) electrons. The molecule has 1 saturated heterocycles. The van der Waals surface area contributed by atoms with Crippen molar-refractivity contribution in [3.8, 4) is 0 Å². The highest BCUT2D eigenvalue weighted by Gasteiger charge is 2.34. The van der Waals surface area contributed by atoms with Crippen molar-refractivity contribution in [2.45, 2.75) is 38.6 Å². The monoisotopic (exact) mass is 409 g/mol. The van der Waals surface area contributed by atoms with Crippen LogP contribution in [0.25, 0.3) is 11.0 Å². The molecule has 0 bridgehead atoms. The number of amides is 1. The molecule has 2 heterocycles. The van der Waals surface area contributed by atoms with Crippen molar-refractivity contribution in [2.75, 3.05) is 11.4 Å². The van der Waals surface area contributed by atoms with Crippen molar-refractivity contribution in [1.82, 2.24) is 9.55 Å². The van der Waals surface area contributed by atoms with E-state index in [0.717, 1.165) is 41.9 Å². The molecule has 156 valence electrons. The number of hydrogen-bond donors (Lipinski definition) is 0. The molecule has 1 fully saturated rings. The third-order valence-electron chi connectivity index (χ3n) is 6.18. The number of benzene rings is 3. The molecule has 0 saturated carbocycles. The number of hydrogen-bond acceptors (Lipinski definition) is 2. The van der Waals surface area contributed by atoms with E-state index in [9.17, 15) is 4.79 Å². The maximum atomic E-state index is 12.9. The van der Waals surface area contributed by atoms with Crippen LogP contribution < -0.4 is 4.90 Å². The van der Waals surface area contributed by atoms with Gasteiger partial charge in [-0.25, -0.2) is 4.98 Å². The van der Waals surface area contributed by atoms with E-state index in [1.807, 2.05) is 23.1 Å². The van der Waals surface area contributed by atoms with Gasteiger partial charge in [0, 0.05) is 31.1 Å². The molecule has 0 spiro atoms. The zero-order valence-electron chi connectivity index (χ0n) is 17.9. The standard InChI is InChI=1S/C27H27N3O/c1-20-9-7-13-23(17-20)30-19-22(18-26(30)31)27-28-24-14-5-6-15-25(24)29(27)16-8-12-21-10-3-2-4-11-21/h2-7,9-11,13-15,17,22H,8,12,16,18-19H2,1H3/t22-/m1/s1. The third kappa shape index (κ3) is 3.98. The Morgan fingerprint density at radius 1 is 0.968 bits per heavy atom. The van der Waals surface area contributed by atoms with E-state index in [4.69, 9.17) is 4.98 Å². The molecule has 31 heavy (non-hydrogen) atoms. The van der Waals surface area contributed by atoms with Gasteiger partial charge in [0.05, 0.1) is 11.0 Å². The van der Waals surface area contributed by atoms with Gasteiger partial charge in [-0.2, -0.15) is 0 Å². The van der Waals surface area contributed by atoms with E-state index in [-0.39, 0.29) is 11.8 Å². The van der Waals surface area contributed by atoms with Crippen LogP contribution in [-0.2, 0) is 17.8 Å². The highest BCUT2D eigenvalue weighted by molar-refractivity contribution is 5.96. The number of nitrogens with zero attached hydrogens (tertiary/aromatic N) is 3. The number of aryl methyl sites for hydroxylation is 3. The first-order valence-electron chi connectivity index (χ1n) is 11.0. The Morgan fingerprint density at radius 2 is 1.77 bits per heavy atom. The van der Waals surface area contributed by atoms with Crippen molar-refractivity contribution in [1.29, 1.82) is 0 Å². The first-order chi connectivity index (χ1) is 15.2. The molecule has 1 atom stereocenters. The highest BCUT2D eigenvalue weighted by atomic mass is 16.2. The number of imidazole rings is 1. The number of aromatic nitrogens is 2. The summed E-state index contributed by atoms with van der Waals surface area (Å²) in [7, 11) is 0. The minimum absolute atomic E-state index is 0.108. The maximum Gasteiger partial charge on any atom is 0.227 e. The van der Waals surface area contributed by atoms with Crippen LogP contribution in [0, 0.1) is 6.92 Å². The van der Waals surface area contributed by atoms with Gasteiger partial charge in [0.25, 0.3) is 0 Å². The summed E-state index contributed by atoms with van der Waals surface area (Å²) < 4.78 is 2.34. The highest BCUT2D eigenvalue weighted by Crippen LogP contribution is 2.33. The normalized spacial score (nSPS) is 16.4. The third-order valence-corrected chi connectivity index (χ3v) is 6.18. The fourth-order valence-electron chi connectivity index (χ4n) is 4.65. The number of anilines is 1. The topological polar surface area (TPSA) is 38.1 Å². The molecule has 4 nitrogen and oxygen atoms in total. The predicted molar refractivity (Wildman–Crippen MR) is 125 cm³/mol. The second kappa shape index (κ2) is 8.38. The van der Waals surface area contributed by atoms with E-state index in [1.54, 1.807) is 0 Å². The van der Waals surface area contributed by atoms with Crippen LogP contribution in [0.2, 0.25) is 0 Å². The molecule has 0 aliphatic carbocycles. The second-order valence-electron chi connectivity index (χ2n) is 8.44. The van der Waals surface area contributed by atoms with Crippen LogP contribution in [0.3, 0.4) is 0 Å². The second-order valence-corrected chi connectivity index (χ2v) is 8.44. The van der Waals surface area contributed by atoms with Gasteiger partial charge in [-0.15, -0.1) is 0 Å². The van der Waals surface area contributed by atoms with Crippen LogP contribution in [0.4, 0.5) is 5.69 Å². The summed E-state index contributed by atoms with van der Waals surface area (Å²) in [5.41, 5.74) is 5.68. The average Bonchev–Trinajstić information content (AvgIpc) is 3.35. The van der Waals surface area contributed by atoms with Crippen molar-refractivity contribution in [3.05, 3.63) is 95.8 Å². The molecule has 1 amide bonds. The van der Waals surface area contributed by atoms with E-state index >= 15 is 0 Å². The maximum absolute atomic E-state index is 12.9. The lowest BCUT2D eigenvalue weighted by Crippen LogP contribution is -2.24. The molecule has 0 N–H and O–H groups in total. The summed E-state index contributed by atoms with van der Waals surface area (Å²) in [4.78, 5) is 19.8. The average molecular weight is 410 g/mol. The molecule has 1 aromatic heterocycles. The first-order valence-corrected chi connectivity index (χ1v) is 11.0. The molecule has 1 aliphatic heterocycles. The lowest BCUT2D eigenvalue weighted by molar-refractivity contribution is -0.117. The van der Waals surface area contributed by atoms with Crippen molar-refractivity contribution < 1.29 is 4.79 Å². The molecular formula is C27H27N3O. The molecule has 0 unspecified atom stereocenters. The first kappa shape index (κ1) is 19.6. The smallest absolute Gasteiger partial charge is 0.227 e. The van der Waals surface area contributed by atoms with Crippen LogP contribution in [0.15, 0.2) is 78.9 Å². The molecular weight excluding hydrogens is 382 g/mol. The quantitative estimate of drug-likeness (QED) is 0.422. The van der Waals surface area contributed by atoms with Gasteiger partial charge in [0.2, 0.25) is 5.91 Å². The fraction of sp³-hybridized carbons (Fsp3) is 0.259. The van der Waals surface area contributed by atoms with Gasteiger partial charge in [0.15, 0.2) is 0 Å². The molecule has 4 aromatic rings. The zero-order valence-corrected chi connectivity index (χ0v) is 17.9. The SMILES string of the molecule is Cc1cccc(N2C[C@H](c3nc4ccccc4n3CCCc3ccccc3)CC2=O)c1. The van der Waals surface area contributed by atoms with Gasteiger partial charge >= 0.3 is 0 Å². The molecule has 3 aromatic carbocycles. The molecule has 5 rings (SSSR count). The Balaban J connectivity index is 1.41. The van der Waals surface area contributed by atoms with Gasteiger partial charge < -0.3 is 9.47 Å². The Morgan fingerprint density at radius 3 is 2.61 bits per heavy atom. The summed E-state index contributed by atoms with van der Waals surface area (Å²) in [5.74, 6) is 1.33. The minimum atomic E-state index is 0.108. The van der Waals surface area contributed by atoms with Gasteiger partial charge in [-0.1, -0.05) is 54.6 Å². The largest absolute Gasteiger partial charge is 0.328 e. The minimum Gasteiger partial charge on any atom is -0.328 e. The molecule has 4 heteroatoms. The fourth-order valence-corrected chi connectivity index (χ4v) is 4.65. The number of para-hydroxylation sites is 2. The van der Waals surface area contributed by atoms with E-state index in [2.05, 4.69) is 72.2 Å². The summed E-state index contributed by atoms with van der Waals surface area (Å²) in [6.07, 6.45) is 2.58. The van der Waals surface area contributed by atoms with Crippen molar-refractivity contribution >= 4 is 22.6 Å². The van der Waals surface area contributed by atoms with Gasteiger partial charge in [-0.05, 0) is 55.2 Å². The Kier molecular flexibility index (Phi) is 5.29. The van der Waals surface area contributed by atoms with E-state index in [1.165, 1.54) is 11.1 Å². The van der Waals surface area contributed by atoms with Crippen LogP contribution in [-0.4, -0.2) is 22.0 Å². The van der Waals surface area contributed by atoms with E-state index in [0.29, 0.717) is 13.0 Å². The summed E-state index contributed by atoms with van der Waals surface area (Å²) in [6.45, 7) is 3.65. The summed E-state index contributed by atoms with van der Waals surface area (Å²) in [5, 5.41) is 0. The van der Waals surface area contributed by atoms with Crippen molar-refractivity contribution in [3.63, 3.8) is 0 Å². The predicted octanol–water partition coefficient (Wildman–Crippen LogP) is 5.50. The van der Waals surface area contributed by atoms with Crippen LogP contribution >= 0.6 is 0 Å². The number of rotatable bonds is 6. The lowest BCUT2D eigenvalue weighted by atomic mass is 10.1. The number of fused-ring (bicyclic) bond motifs is 1. The Bertz CT molecular complexity index is 1210.